The third-order valence-electron chi connectivity index (χ3n) is 3.21. The van der Waals surface area contributed by atoms with Crippen molar-refractivity contribution in [1.82, 2.24) is 4.72 Å². The van der Waals surface area contributed by atoms with E-state index in [1.165, 1.54) is 0 Å². The van der Waals surface area contributed by atoms with Crippen LogP contribution in [0.2, 0.25) is 5.02 Å². The first-order chi connectivity index (χ1) is 8.74. The van der Waals surface area contributed by atoms with Crippen LogP contribution in [0.3, 0.4) is 0 Å². The van der Waals surface area contributed by atoms with Crippen molar-refractivity contribution in [3.63, 3.8) is 0 Å². The summed E-state index contributed by atoms with van der Waals surface area (Å²) in [5.41, 5.74) is 5.43. The number of hydrogen-bond acceptors (Lipinski definition) is 3. The monoisotopic (exact) mass is 344 g/mol. The molecule has 0 saturated heterocycles. The second-order valence-corrected chi connectivity index (χ2v) is 6.61. The Morgan fingerprint density at radius 3 is 2.35 bits per heavy atom. The second-order valence-electron chi connectivity index (χ2n) is 4.47. The first-order valence-corrected chi connectivity index (χ1v) is 7.84. The summed E-state index contributed by atoms with van der Waals surface area (Å²) in [6.07, 6.45) is 1.28. The van der Waals surface area contributed by atoms with E-state index in [0.717, 1.165) is 18.2 Å². The molecule has 0 aliphatic heterocycles. The summed E-state index contributed by atoms with van der Waals surface area (Å²) in [5, 5.41) is -0.150. The Morgan fingerprint density at radius 1 is 1.35 bits per heavy atom. The molecule has 0 spiro atoms. The molecule has 0 fully saturated rings. The lowest BCUT2D eigenvalue weighted by Gasteiger charge is -2.26. The van der Waals surface area contributed by atoms with Crippen LogP contribution in [0.5, 0.6) is 0 Å². The number of nitrogens with one attached hydrogen (secondary N) is 1. The van der Waals surface area contributed by atoms with E-state index >= 15 is 0 Å². The van der Waals surface area contributed by atoms with Crippen LogP contribution in [0, 0.1) is 5.82 Å². The summed E-state index contributed by atoms with van der Waals surface area (Å²) in [6.45, 7) is 3.89. The third-order valence-corrected chi connectivity index (χ3v) is 5.09. The molecule has 116 valence electrons. The van der Waals surface area contributed by atoms with Gasteiger partial charge in [0.25, 0.3) is 0 Å². The molecule has 1 aromatic rings. The topological polar surface area (TPSA) is 72.2 Å². The molecule has 0 saturated carbocycles. The van der Waals surface area contributed by atoms with Gasteiger partial charge in [-0.25, -0.2) is 17.5 Å². The van der Waals surface area contributed by atoms with Crippen molar-refractivity contribution in [2.75, 3.05) is 6.54 Å². The highest BCUT2D eigenvalue weighted by Crippen LogP contribution is 2.22. The molecule has 1 aromatic carbocycles. The average Bonchev–Trinajstić information content (AvgIpc) is 2.35. The molecule has 0 bridgehead atoms. The van der Waals surface area contributed by atoms with Crippen molar-refractivity contribution in [2.24, 2.45) is 5.73 Å². The minimum absolute atomic E-state index is 0. The van der Waals surface area contributed by atoms with E-state index in [2.05, 4.69) is 4.72 Å². The molecule has 0 aromatic heterocycles. The molecule has 0 atom stereocenters. The van der Waals surface area contributed by atoms with Gasteiger partial charge >= 0.3 is 0 Å². The van der Waals surface area contributed by atoms with Crippen molar-refractivity contribution in [2.45, 2.75) is 37.1 Å². The normalized spacial score (nSPS) is 12.1. The zero-order valence-electron chi connectivity index (χ0n) is 11.3. The molecule has 8 heteroatoms. The summed E-state index contributed by atoms with van der Waals surface area (Å²) in [7, 11) is -3.79. The SMILES string of the molecule is CCC(N)(CC)CNS(=O)(=O)c1ccc(F)cc1Cl.Cl. The van der Waals surface area contributed by atoms with Crippen LogP contribution in [0.25, 0.3) is 0 Å². The highest BCUT2D eigenvalue weighted by molar-refractivity contribution is 7.89. The standard InChI is InChI=1S/C12H18ClFN2O2S.ClH/c1-3-12(15,4-2)8-16-19(17,18)11-6-5-9(14)7-10(11)13;/h5-7,16H,3-4,8,15H2,1-2H3;1H. The number of rotatable bonds is 6. The van der Waals surface area contributed by atoms with Gasteiger partial charge in [0.05, 0.1) is 5.02 Å². The quantitative estimate of drug-likeness (QED) is 0.833. The van der Waals surface area contributed by atoms with E-state index in [9.17, 15) is 12.8 Å². The van der Waals surface area contributed by atoms with Gasteiger partial charge in [-0.2, -0.15) is 0 Å². The van der Waals surface area contributed by atoms with Gasteiger partial charge in [-0.05, 0) is 31.0 Å². The second kappa shape index (κ2) is 7.56. The van der Waals surface area contributed by atoms with Gasteiger partial charge in [-0.1, -0.05) is 25.4 Å². The molecular weight excluding hydrogens is 326 g/mol. The summed E-state index contributed by atoms with van der Waals surface area (Å²) >= 11 is 5.74. The zero-order valence-corrected chi connectivity index (χ0v) is 13.7. The van der Waals surface area contributed by atoms with E-state index in [-0.39, 0.29) is 28.9 Å². The largest absolute Gasteiger partial charge is 0.324 e. The van der Waals surface area contributed by atoms with Gasteiger partial charge in [0.2, 0.25) is 10.0 Å². The van der Waals surface area contributed by atoms with E-state index in [4.69, 9.17) is 17.3 Å². The molecule has 0 radical (unpaired) electrons. The van der Waals surface area contributed by atoms with E-state index < -0.39 is 21.4 Å². The lowest BCUT2D eigenvalue weighted by Crippen LogP contribution is -2.49. The van der Waals surface area contributed by atoms with Crippen LogP contribution in [0.1, 0.15) is 26.7 Å². The molecule has 20 heavy (non-hydrogen) atoms. The molecular formula is C12H19Cl2FN2O2S. The van der Waals surface area contributed by atoms with Crippen LogP contribution in [-0.2, 0) is 10.0 Å². The predicted molar refractivity (Wildman–Crippen MR) is 81.3 cm³/mol. The van der Waals surface area contributed by atoms with Crippen LogP contribution in [-0.4, -0.2) is 20.5 Å². The molecule has 0 amide bonds. The molecule has 3 N–H and O–H groups in total. The van der Waals surface area contributed by atoms with Gasteiger partial charge in [0.15, 0.2) is 0 Å². The fraction of sp³-hybridized carbons (Fsp3) is 0.500. The van der Waals surface area contributed by atoms with Gasteiger partial charge in [-0.3, -0.25) is 0 Å². The van der Waals surface area contributed by atoms with Crippen LogP contribution < -0.4 is 10.5 Å². The summed E-state index contributed by atoms with van der Waals surface area (Å²) in [5.74, 6) is -0.584. The highest BCUT2D eigenvalue weighted by Gasteiger charge is 2.25. The van der Waals surface area contributed by atoms with Gasteiger partial charge < -0.3 is 5.73 Å². The zero-order chi connectivity index (χ0) is 14.7. The Balaban J connectivity index is 0.00000361. The minimum atomic E-state index is -3.79. The Hall–Kier alpha value is -0.400. The van der Waals surface area contributed by atoms with Crippen LogP contribution >= 0.6 is 24.0 Å². The maximum Gasteiger partial charge on any atom is 0.242 e. The third kappa shape index (κ3) is 4.86. The van der Waals surface area contributed by atoms with Gasteiger partial charge in [0, 0.05) is 12.1 Å². The number of nitrogens with two attached hydrogens (primary N) is 1. The number of sulfonamides is 1. The maximum atomic E-state index is 12.9. The Bertz CT molecular complexity index is 548. The fourth-order valence-electron chi connectivity index (χ4n) is 1.51. The summed E-state index contributed by atoms with van der Waals surface area (Å²) < 4.78 is 39.5. The molecule has 0 aliphatic rings. The van der Waals surface area contributed by atoms with Crippen molar-refractivity contribution in [3.8, 4) is 0 Å². The molecule has 1 rings (SSSR count). The number of halogens is 3. The first kappa shape index (κ1) is 19.6. The minimum Gasteiger partial charge on any atom is -0.324 e. The molecule has 0 unspecified atom stereocenters. The van der Waals surface area contributed by atoms with E-state index in [0.29, 0.717) is 12.8 Å². The van der Waals surface area contributed by atoms with E-state index in [1.807, 2.05) is 13.8 Å². The van der Waals surface area contributed by atoms with Crippen molar-refractivity contribution >= 4 is 34.0 Å². The first-order valence-electron chi connectivity index (χ1n) is 5.97. The van der Waals surface area contributed by atoms with Gasteiger partial charge in [0.1, 0.15) is 10.7 Å². The van der Waals surface area contributed by atoms with Crippen LogP contribution in [0.15, 0.2) is 23.1 Å². The Labute approximate surface area is 130 Å². The highest BCUT2D eigenvalue weighted by atomic mass is 35.5. The van der Waals surface area contributed by atoms with Gasteiger partial charge in [-0.15, -0.1) is 12.4 Å². The molecule has 0 heterocycles. The summed E-state index contributed by atoms with van der Waals surface area (Å²) in [4.78, 5) is -0.148. The van der Waals surface area contributed by atoms with Crippen LogP contribution in [0.4, 0.5) is 4.39 Å². The van der Waals surface area contributed by atoms with Crippen molar-refractivity contribution < 1.29 is 12.8 Å². The molecule has 4 nitrogen and oxygen atoms in total. The average molecular weight is 345 g/mol. The van der Waals surface area contributed by atoms with E-state index in [1.54, 1.807) is 0 Å². The lowest BCUT2D eigenvalue weighted by atomic mass is 9.95. The Morgan fingerprint density at radius 2 is 1.90 bits per heavy atom. The van der Waals surface area contributed by atoms with Crippen molar-refractivity contribution in [1.29, 1.82) is 0 Å². The predicted octanol–water partition coefficient (Wildman–Crippen LogP) is 2.70. The molecule has 0 aliphatic carbocycles. The summed E-state index contributed by atoms with van der Waals surface area (Å²) in [6, 6.07) is 3.15. The van der Waals surface area contributed by atoms with Crippen molar-refractivity contribution in [3.05, 3.63) is 29.0 Å². The Kier molecular flexibility index (Phi) is 7.41. The number of hydrogen-bond donors (Lipinski definition) is 2. The lowest BCUT2D eigenvalue weighted by molar-refractivity contribution is 0.392. The fourth-order valence-corrected chi connectivity index (χ4v) is 3.18. The smallest absolute Gasteiger partial charge is 0.242 e. The number of benzene rings is 1. The maximum absolute atomic E-state index is 12.9.